The van der Waals surface area contributed by atoms with Gasteiger partial charge in [-0.25, -0.2) is 4.79 Å². The molecule has 0 spiro atoms. The Labute approximate surface area is 267 Å². The number of alkyl halides is 3. The molecule has 6 rings (SSSR count). The minimum atomic E-state index is -5.08. The number of piperidine rings is 1. The highest BCUT2D eigenvalue weighted by molar-refractivity contribution is 5.73. The summed E-state index contributed by atoms with van der Waals surface area (Å²) in [5, 5.41) is 14.6. The molecule has 0 aliphatic carbocycles. The van der Waals surface area contributed by atoms with Crippen LogP contribution >= 0.6 is 0 Å². The van der Waals surface area contributed by atoms with Gasteiger partial charge in [-0.05, 0) is 77.5 Å². The van der Waals surface area contributed by atoms with E-state index < -0.39 is 12.1 Å². The second-order valence-corrected chi connectivity index (χ2v) is 11.4. The number of rotatable bonds is 10. The number of carbonyl (C=O) groups is 1. The molecule has 2 aliphatic heterocycles. The first kappa shape index (κ1) is 33.0. The molecule has 0 amide bonds. The van der Waals surface area contributed by atoms with E-state index in [2.05, 4.69) is 107 Å². The number of benzene rings is 4. The van der Waals surface area contributed by atoms with Crippen molar-refractivity contribution in [2.75, 3.05) is 19.9 Å². The molecule has 1 fully saturated rings. The van der Waals surface area contributed by atoms with Gasteiger partial charge < -0.3 is 25.2 Å². The molecule has 0 saturated carbocycles. The molecule has 0 bridgehead atoms. The average Bonchev–Trinajstić information content (AvgIpc) is 3.53. The zero-order valence-electron chi connectivity index (χ0n) is 25.4. The zero-order chi connectivity index (χ0) is 32.4. The number of fused-ring (bicyclic) bond motifs is 1. The Morgan fingerprint density at radius 3 is 2.17 bits per heavy atom. The van der Waals surface area contributed by atoms with Crippen LogP contribution in [0.4, 0.5) is 13.2 Å². The summed E-state index contributed by atoms with van der Waals surface area (Å²) in [6.45, 7) is 6.15. The summed E-state index contributed by atoms with van der Waals surface area (Å²) in [6, 6.07) is 35.2. The second kappa shape index (κ2) is 15.8. The van der Waals surface area contributed by atoms with Gasteiger partial charge >= 0.3 is 12.1 Å². The van der Waals surface area contributed by atoms with Gasteiger partial charge in [0.05, 0.1) is 0 Å². The second-order valence-electron chi connectivity index (χ2n) is 11.4. The minimum Gasteiger partial charge on any atom is -0.475 e. The monoisotopic (exact) mass is 633 g/mol. The Kier molecular flexibility index (Phi) is 11.3. The molecule has 2 aliphatic rings. The van der Waals surface area contributed by atoms with Crippen molar-refractivity contribution in [3.05, 3.63) is 119 Å². The van der Waals surface area contributed by atoms with E-state index in [-0.39, 0.29) is 0 Å². The first-order chi connectivity index (χ1) is 22.2. The Morgan fingerprint density at radius 2 is 1.43 bits per heavy atom. The van der Waals surface area contributed by atoms with Crippen LogP contribution in [0, 0.1) is 0 Å². The topological polar surface area (TPSA) is 83.1 Å². The molecule has 242 valence electrons. The van der Waals surface area contributed by atoms with E-state index in [0.29, 0.717) is 12.8 Å². The van der Waals surface area contributed by atoms with Crippen LogP contribution < -0.4 is 20.1 Å². The highest BCUT2D eigenvalue weighted by atomic mass is 19.4. The van der Waals surface area contributed by atoms with Gasteiger partial charge in [0.1, 0.15) is 0 Å². The highest BCUT2D eigenvalue weighted by Gasteiger charge is 2.38. The van der Waals surface area contributed by atoms with Crippen LogP contribution in [0.3, 0.4) is 0 Å². The molecule has 3 N–H and O–H groups in total. The third kappa shape index (κ3) is 9.56. The van der Waals surface area contributed by atoms with Crippen molar-refractivity contribution in [3.8, 4) is 22.6 Å². The minimum absolute atomic E-state index is 0.310. The van der Waals surface area contributed by atoms with Gasteiger partial charge in [0.15, 0.2) is 11.5 Å². The van der Waals surface area contributed by atoms with Gasteiger partial charge in [0, 0.05) is 32.2 Å². The largest absolute Gasteiger partial charge is 0.490 e. The lowest BCUT2D eigenvalue weighted by Crippen LogP contribution is -2.41. The van der Waals surface area contributed by atoms with Crippen LogP contribution in [0.1, 0.15) is 35.1 Å². The van der Waals surface area contributed by atoms with E-state index in [1.807, 2.05) is 6.07 Å². The molecule has 4 aromatic rings. The molecule has 46 heavy (non-hydrogen) atoms. The van der Waals surface area contributed by atoms with E-state index in [1.165, 1.54) is 46.2 Å². The van der Waals surface area contributed by atoms with Gasteiger partial charge in [0.25, 0.3) is 0 Å². The standard InChI is InChI=1S/C34H37N3O2.C2HF3O2/c1-2-7-26(8-3-1)24-37-17-15-31(16-18-37)36-23-30-10-4-5-12-32(30)29-11-6-9-27(19-29)21-35-22-28-13-14-33-34(20-28)39-25-38-33;3-2(4,5)1(6)7/h1-14,19-20,31,35-36H,15-18,21-25H2;(H,6,7). The predicted molar refractivity (Wildman–Crippen MR) is 170 cm³/mol. The summed E-state index contributed by atoms with van der Waals surface area (Å²) in [6.07, 6.45) is -2.70. The third-order valence-corrected chi connectivity index (χ3v) is 8.01. The molecule has 7 nitrogen and oxygen atoms in total. The summed E-state index contributed by atoms with van der Waals surface area (Å²) >= 11 is 0. The fourth-order valence-electron chi connectivity index (χ4n) is 5.60. The lowest BCUT2D eigenvalue weighted by atomic mass is 9.97. The number of aliphatic carboxylic acids is 1. The van der Waals surface area contributed by atoms with Crippen molar-refractivity contribution in [2.24, 2.45) is 0 Å². The number of carboxylic acids is 1. The molecule has 0 radical (unpaired) electrons. The van der Waals surface area contributed by atoms with Gasteiger partial charge in [-0.3, -0.25) is 4.90 Å². The molecular formula is C36H38F3N3O4. The van der Waals surface area contributed by atoms with E-state index in [4.69, 9.17) is 19.4 Å². The summed E-state index contributed by atoms with van der Waals surface area (Å²) in [5.74, 6) is -1.10. The SMILES string of the molecule is O=C(O)C(F)(F)F.c1ccc(CN2CCC(NCc3ccccc3-c3cccc(CNCc4ccc5c(c4)OCO5)c3)CC2)cc1. The van der Waals surface area contributed by atoms with Crippen molar-refractivity contribution in [2.45, 2.75) is 51.2 Å². The predicted octanol–water partition coefficient (Wildman–Crippen LogP) is 6.76. The summed E-state index contributed by atoms with van der Waals surface area (Å²) < 4.78 is 42.7. The Hall–Kier alpha value is -4.38. The van der Waals surface area contributed by atoms with Crippen molar-refractivity contribution in [1.29, 1.82) is 0 Å². The summed E-state index contributed by atoms with van der Waals surface area (Å²) in [5.41, 5.74) is 7.81. The molecule has 1 saturated heterocycles. The molecule has 0 aromatic heterocycles. The summed E-state index contributed by atoms with van der Waals surface area (Å²) in [7, 11) is 0. The fourth-order valence-corrected chi connectivity index (χ4v) is 5.60. The van der Waals surface area contributed by atoms with Gasteiger partial charge in [0.2, 0.25) is 6.79 Å². The maximum Gasteiger partial charge on any atom is 0.490 e. The Balaban J connectivity index is 0.000000537. The van der Waals surface area contributed by atoms with Crippen molar-refractivity contribution in [3.63, 3.8) is 0 Å². The molecule has 4 aromatic carbocycles. The number of likely N-dealkylation sites (tertiary alicyclic amines) is 1. The van der Waals surface area contributed by atoms with Crippen molar-refractivity contribution < 1.29 is 32.5 Å². The van der Waals surface area contributed by atoms with Crippen molar-refractivity contribution in [1.82, 2.24) is 15.5 Å². The van der Waals surface area contributed by atoms with E-state index in [9.17, 15) is 13.2 Å². The van der Waals surface area contributed by atoms with E-state index >= 15 is 0 Å². The first-order valence-electron chi connectivity index (χ1n) is 15.3. The van der Waals surface area contributed by atoms with Gasteiger partial charge in [-0.15, -0.1) is 0 Å². The Bertz CT molecular complexity index is 1570. The van der Waals surface area contributed by atoms with Gasteiger partial charge in [-0.2, -0.15) is 13.2 Å². The smallest absolute Gasteiger partial charge is 0.475 e. The van der Waals surface area contributed by atoms with Crippen LogP contribution in [-0.2, 0) is 31.0 Å². The Morgan fingerprint density at radius 1 is 0.783 bits per heavy atom. The number of hydrogen-bond donors (Lipinski definition) is 3. The number of hydrogen-bond acceptors (Lipinski definition) is 6. The third-order valence-electron chi connectivity index (χ3n) is 8.01. The quantitative estimate of drug-likeness (QED) is 0.178. The maximum absolute atomic E-state index is 10.6. The average molecular weight is 634 g/mol. The molecule has 10 heteroatoms. The lowest BCUT2D eigenvalue weighted by molar-refractivity contribution is -0.192. The maximum atomic E-state index is 10.6. The van der Waals surface area contributed by atoms with Crippen molar-refractivity contribution >= 4 is 5.97 Å². The van der Waals surface area contributed by atoms with Crippen LogP contribution in [0.15, 0.2) is 97.1 Å². The number of ether oxygens (including phenoxy) is 2. The van der Waals surface area contributed by atoms with E-state index in [0.717, 1.165) is 50.8 Å². The highest BCUT2D eigenvalue weighted by Crippen LogP contribution is 2.32. The zero-order valence-corrected chi connectivity index (χ0v) is 25.4. The summed E-state index contributed by atoms with van der Waals surface area (Å²) in [4.78, 5) is 11.5. The van der Waals surface area contributed by atoms with Gasteiger partial charge in [-0.1, -0.05) is 78.9 Å². The first-order valence-corrected chi connectivity index (χ1v) is 15.3. The number of halogens is 3. The van der Waals surface area contributed by atoms with Crippen LogP contribution in [-0.4, -0.2) is 48.1 Å². The lowest BCUT2D eigenvalue weighted by Gasteiger charge is -2.32. The fraction of sp³-hybridized carbons (Fsp3) is 0.306. The number of nitrogens with zero attached hydrogens (tertiary/aromatic N) is 1. The molecule has 0 unspecified atom stereocenters. The van der Waals surface area contributed by atoms with Crippen LogP contribution in [0.25, 0.3) is 11.1 Å². The van der Waals surface area contributed by atoms with Crippen LogP contribution in [0.5, 0.6) is 11.5 Å². The number of carboxylic acid groups (broad SMARTS) is 1. The van der Waals surface area contributed by atoms with E-state index in [1.54, 1.807) is 0 Å². The molecule has 0 atom stereocenters. The number of nitrogens with one attached hydrogen (secondary N) is 2. The molecular weight excluding hydrogens is 595 g/mol. The normalized spacial score (nSPS) is 14.8. The molecule has 2 heterocycles. The van der Waals surface area contributed by atoms with Crippen LogP contribution in [0.2, 0.25) is 0 Å².